The Morgan fingerprint density at radius 1 is 1.22 bits per heavy atom. The molecule has 0 radical (unpaired) electrons. The number of fused-ring (bicyclic) bond motifs is 1. The van der Waals surface area contributed by atoms with Gasteiger partial charge in [0.25, 0.3) is 5.91 Å². The minimum absolute atomic E-state index is 0.0193. The Labute approximate surface area is 191 Å². The van der Waals surface area contributed by atoms with Crippen LogP contribution in [-0.2, 0) is 15.0 Å². The van der Waals surface area contributed by atoms with Crippen molar-refractivity contribution < 1.29 is 14.7 Å². The Balaban J connectivity index is 1.84. The molecule has 6 nitrogen and oxygen atoms in total. The van der Waals surface area contributed by atoms with Crippen molar-refractivity contribution in [1.82, 2.24) is 9.97 Å². The number of pyridine rings is 1. The predicted octanol–water partition coefficient (Wildman–Crippen LogP) is 5.50. The molecule has 1 amide bonds. The maximum atomic E-state index is 13.2. The number of thiazole rings is 1. The molecule has 166 valence electrons. The van der Waals surface area contributed by atoms with Crippen molar-refractivity contribution in [1.29, 1.82) is 0 Å². The van der Waals surface area contributed by atoms with Crippen LogP contribution < -0.4 is 4.90 Å². The smallest absolute Gasteiger partial charge is 0.296 e. The lowest BCUT2D eigenvalue weighted by Gasteiger charge is -2.23. The summed E-state index contributed by atoms with van der Waals surface area (Å²) < 4.78 is 0.946. The van der Waals surface area contributed by atoms with Crippen LogP contribution in [0.5, 0.6) is 0 Å². The molecular weight excluding hydrogens is 422 g/mol. The third-order valence-corrected chi connectivity index (χ3v) is 6.54. The number of hydrogen-bond donors (Lipinski definition) is 1. The van der Waals surface area contributed by atoms with Gasteiger partial charge in [0.1, 0.15) is 6.04 Å². The van der Waals surface area contributed by atoms with E-state index in [0.29, 0.717) is 10.8 Å². The fraction of sp³-hybridized carbons (Fsp3) is 0.360. The van der Waals surface area contributed by atoms with Crippen LogP contribution in [0.4, 0.5) is 5.13 Å². The highest BCUT2D eigenvalue weighted by Gasteiger charge is 2.46. The number of aliphatic hydroxyl groups is 1. The topological polar surface area (TPSA) is 83.4 Å². The van der Waals surface area contributed by atoms with Gasteiger partial charge >= 0.3 is 0 Å². The molecule has 3 heterocycles. The van der Waals surface area contributed by atoms with E-state index in [0.717, 1.165) is 10.2 Å². The van der Waals surface area contributed by atoms with E-state index in [2.05, 4.69) is 36.8 Å². The third kappa shape index (κ3) is 3.93. The number of nitrogens with zero attached hydrogens (tertiary/aromatic N) is 3. The second kappa shape index (κ2) is 8.13. The monoisotopic (exact) mass is 449 g/mol. The first kappa shape index (κ1) is 22.1. The van der Waals surface area contributed by atoms with Gasteiger partial charge in [-0.2, -0.15) is 0 Å². The van der Waals surface area contributed by atoms with Gasteiger partial charge in [-0.1, -0.05) is 58.1 Å². The number of aliphatic hydroxyl groups excluding tert-OH is 1. The molecule has 0 saturated carbocycles. The van der Waals surface area contributed by atoms with Gasteiger partial charge in [-0.3, -0.25) is 19.5 Å². The summed E-state index contributed by atoms with van der Waals surface area (Å²) in [5.41, 5.74) is 2.54. The number of carbonyl (C=O) groups is 2. The van der Waals surface area contributed by atoms with Crippen LogP contribution in [0, 0.1) is 5.92 Å². The van der Waals surface area contributed by atoms with E-state index in [9.17, 15) is 14.7 Å². The zero-order valence-electron chi connectivity index (χ0n) is 18.9. The van der Waals surface area contributed by atoms with Gasteiger partial charge in [0.15, 0.2) is 16.7 Å². The predicted molar refractivity (Wildman–Crippen MR) is 127 cm³/mol. The summed E-state index contributed by atoms with van der Waals surface area (Å²) in [5, 5.41) is 11.2. The Morgan fingerprint density at radius 2 is 1.97 bits per heavy atom. The Kier molecular flexibility index (Phi) is 5.63. The van der Waals surface area contributed by atoms with Gasteiger partial charge in [0, 0.05) is 12.6 Å². The van der Waals surface area contributed by atoms with E-state index < -0.39 is 17.7 Å². The molecule has 1 aliphatic rings. The Morgan fingerprint density at radius 3 is 2.59 bits per heavy atom. The zero-order chi connectivity index (χ0) is 23.2. The summed E-state index contributed by atoms with van der Waals surface area (Å²) in [7, 11) is 0. The van der Waals surface area contributed by atoms with E-state index in [1.54, 1.807) is 24.4 Å². The lowest BCUT2D eigenvalue weighted by atomic mass is 9.87. The van der Waals surface area contributed by atoms with Gasteiger partial charge in [-0.05, 0) is 41.2 Å². The van der Waals surface area contributed by atoms with Crippen molar-refractivity contribution in [3.8, 4) is 0 Å². The van der Waals surface area contributed by atoms with Crippen LogP contribution in [0.15, 0.2) is 53.9 Å². The molecule has 1 aliphatic heterocycles. The molecule has 4 rings (SSSR count). The molecule has 0 fully saturated rings. The summed E-state index contributed by atoms with van der Waals surface area (Å²) >= 11 is 1.37. The number of rotatable bonds is 5. The van der Waals surface area contributed by atoms with E-state index in [1.165, 1.54) is 21.8 Å². The lowest BCUT2D eigenvalue weighted by molar-refractivity contribution is -0.118. The normalized spacial score (nSPS) is 17.1. The Hall–Kier alpha value is -3.06. The lowest BCUT2D eigenvalue weighted by Crippen LogP contribution is -2.31. The minimum Gasteiger partial charge on any atom is -0.503 e. The van der Waals surface area contributed by atoms with Crippen LogP contribution in [0.2, 0.25) is 0 Å². The van der Waals surface area contributed by atoms with Gasteiger partial charge in [0.2, 0.25) is 0 Å². The first-order valence-corrected chi connectivity index (χ1v) is 11.5. The number of benzene rings is 1. The molecule has 32 heavy (non-hydrogen) atoms. The first-order chi connectivity index (χ1) is 15.1. The molecule has 3 aromatic rings. The van der Waals surface area contributed by atoms with Gasteiger partial charge in [-0.25, -0.2) is 4.98 Å². The maximum absolute atomic E-state index is 13.2. The van der Waals surface area contributed by atoms with Crippen molar-refractivity contribution in [2.75, 3.05) is 4.90 Å². The van der Waals surface area contributed by atoms with Crippen molar-refractivity contribution >= 4 is 38.4 Å². The second-order valence-electron chi connectivity index (χ2n) is 9.54. The number of ketones is 1. The highest BCUT2D eigenvalue weighted by molar-refractivity contribution is 7.22. The van der Waals surface area contributed by atoms with Gasteiger partial charge < -0.3 is 5.11 Å². The quantitative estimate of drug-likeness (QED) is 0.556. The maximum Gasteiger partial charge on any atom is 0.296 e. The van der Waals surface area contributed by atoms with Gasteiger partial charge in [-0.15, -0.1) is 0 Å². The summed E-state index contributed by atoms with van der Waals surface area (Å²) in [6.45, 7) is 10.3. The van der Waals surface area contributed by atoms with E-state index in [-0.39, 0.29) is 29.1 Å². The molecule has 0 bridgehead atoms. The zero-order valence-corrected chi connectivity index (χ0v) is 19.7. The highest BCUT2D eigenvalue weighted by Crippen LogP contribution is 2.43. The van der Waals surface area contributed by atoms with Crippen LogP contribution in [0.1, 0.15) is 58.3 Å². The number of anilines is 1. The summed E-state index contributed by atoms with van der Waals surface area (Å²) in [5.74, 6) is -1.29. The first-order valence-electron chi connectivity index (χ1n) is 10.7. The fourth-order valence-corrected chi connectivity index (χ4v) is 4.90. The second-order valence-corrected chi connectivity index (χ2v) is 10.6. The third-order valence-electron chi connectivity index (χ3n) is 5.52. The Bertz CT molecular complexity index is 1220. The molecule has 0 saturated heterocycles. The van der Waals surface area contributed by atoms with Crippen molar-refractivity contribution in [3.05, 3.63) is 65.2 Å². The largest absolute Gasteiger partial charge is 0.503 e. The minimum atomic E-state index is -0.808. The highest BCUT2D eigenvalue weighted by atomic mass is 32.1. The van der Waals surface area contributed by atoms with E-state index in [1.807, 2.05) is 26.0 Å². The average Bonchev–Trinajstić information content (AvgIpc) is 3.25. The summed E-state index contributed by atoms with van der Waals surface area (Å²) in [4.78, 5) is 36.7. The molecule has 0 aliphatic carbocycles. The molecule has 0 spiro atoms. The van der Waals surface area contributed by atoms with Crippen LogP contribution in [0.3, 0.4) is 0 Å². The van der Waals surface area contributed by atoms with E-state index in [4.69, 9.17) is 0 Å². The number of hydrogen-bond acceptors (Lipinski definition) is 6. The molecule has 1 N–H and O–H groups in total. The van der Waals surface area contributed by atoms with Crippen molar-refractivity contribution in [2.24, 2.45) is 5.92 Å². The SMILES string of the molecule is CC(C)CC(=O)C1=C(O)C(=O)N(c2nc3ccc(C(C)(C)C)cc3s2)C1c1ccccn1. The van der Waals surface area contributed by atoms with Crippen LogP contribution >= 0.6 is 11.3 Å². The summed E-state index contributed by atoms with van der Waals surface area (Å²) in [6, 6.07) is 10.6. The summed E-state index contributed by atoms with van der Waals surface area (Å²) in [6.07, 6.45) is 1.85. The fourth-order valence-electron chi connectivity index (χ4n) is 3.87. The van der Waals surface area contributed by atoms with E-state index >= 15 is 0 Å². The van der Waals surface area contributed by atoms with Crippen LogP contribution in [0.25, 0.3) is 10.2 Å². The number of aromatic nitrogens is 2. The molecule has 7 heteroatoms. The number of amides is 1. The number of Topliss-reactive ketones (excluding diaryl/α,β-unsaturated/α-hetero) is 1. The number of carbonyl (C=O) groups excluding carboxylic acids is 2. The molecular formula is C25H27N3O3S. The van der Waals surface area contributed by atoms with Gasteiger partial charge in [0.05, 0.1) is 21.5 Å². The van der Waals surface area contributed by atoms with Crippen LogP contribution in [-0.4, -0.2) is 26.8 Å². The molecule has 1 aromatic carbocycles. The molecule has 1 atom stereocenters. The van der Waals surface area contributed by atoms with Crippen molar-refractivity contribution in [2.45, 2.75) is 52.5 Å². The molecule has 1 unspecified atom stereocenters. The van der Waals surface area contributed by atoms with Crippen molar-refractivity contribution in [3.63, 3.8) is 0 Å². The average molecular weight is 450 g/mol. The standard InChI is InChI=1S/C25H27N3O3S/c1-14(2)12-18(29)20-21(17-8-6-7-11-26-17)28(23(31)22(20)30)24-27-16-10-9-15(25(3,4)5)13-19(16)32-24/h6-11,13-14,21,30H,12H2,1-5H3. The molecule has 2 aromatic heterocycles.